The van der Waals surface area contributed by atoms with Gasteiger partial charge in [0.05, 0.1) is 6.54 Å². The van der Waals surface area contributed by atoms with Crippen LogP contribution in [-0.4, -0.2) is 49.6 Å². The minimum Gasteiger partial charge on any atom is -0.492 e. The van der Waals surface area contributed by atoms with E-state index in [1.165, 1.54) is 0 Å². The van der Waals surface area contributed by atoms with Gasteiger partial charge in [-0.3, -0.25) is 9.69 Å². The number of benzene rings is 1. The van der Waals surface area contributed by atoms with Gasteiger partial charge in [-0.15, -0.1) is 24.8 Å². The van der Waals surface area contributed by atoms with Crippen molar-refractivity contribution >= 4 is 46.7 Å². The van der Waals surface area contributed by atoms with E-state index in [4.69, 9.17) is 10.5 Å². The van der Waals surface area contributed by atoms with Crippen LogP contribution >= 0.6 is 40.7 Å². The molecule has 0 saturated carbocycles. The molecule has 3 N–H and O–H groups in total. The second-order valence-electron chi connectivity index (χ2n) is 5.19. The van der Waals surface area contributed by atoms with E-state index >= 15 is 0 Å². The van der Waals surface area contributed by atoms with Crippen molar-refractivity contribution in [2.75, 3.05) is 32.8 Å². The Morgan fingerprint density at radius 2 is 1.87 bits per heavy atom. The molecular weight excluding hydrogens is 405 g/mol. The first-order chi connectivity index (χ1) is 10.2. The lowest BCUT2D eigenvalue weighted by Gasteiger charge is -2.32. The topological polar surface area (TPSA) is 67.6 Å². The number of likely N-dealkylation sites (tertiary alicyclic amines) is 1. The van der Waals surface area contributed by atoms with Crippen LogP contribution in [0.1, 0.15) is 12.8 Å². The number of carbonyl (C=O) groups is 1. The number of hydrogen-bond donors (Lipinski definition) is 2. The van der Waals surface area contributed by atoms with Crippen molar-refractivity contribution in [3.63, 3.8) is 0 Å². The molecule has 0 radical (unpaired) electrons. The summed E-state index contributed by atoms with van der Waals surface area (Å²) in [5.41, 5.74) is 5.30. The molecule has 0 bridgehead atoms. The van der Waals surface area contributed by atoms with Gasteiger partial charge in [0.15, 0.2) is 0 Å². The van der Waals surface area contributed by atoms with Gasteiger partial charge in [-0.2, -0.15) is 0 Å². The van der Waals surface area contributed by atoms with Crippen LogP contribution in [0.25, 0.3) is 0 Å². The van der Waals surface area contributed by atoms with E-state index in [0.717, 1.165) is 42.7 Å². The van der Waals surface area contributed by atoms with Crippen molar-refractivity contribution in [3.8, 4) is 5.75 Å². The van der Waals surface area contributed by atoms with E-state index in [0.29, 0.717) is 6.61 Å². The highest BCUT2D eigenvalue weighted by Crippen LogP contribution is 2.16. The van der Waals surface area contributed by atoms with Crippen LogP contribution in [0.15, 0.2) is 28.7 Å². The number of nitrogens with zero attached hydrogens (tertiary/aromatic N) is 1. The van der Waals surface area contributed by atoms with Gasteiger partial charge in [-0.25, -0.2) is 0 Å². The number of piperidine rings is 1. The third-order valence-corrected chi connectivity index (χ3v) is 4.16. The highest BCUT2D eigenvalue weighted by Gasteiger charge is 2.19. The molecule has 1 aliphatic rings. The molecule has 1 aliphatic heterocycles. The Bertz CT molecular complexity index is 455. The van der Waals surface area contributed by atoms with E-state index in [2.05, 4.69) is 26.1 Å². The molecule has 0 atom stereocenters. The number of carbonyl (C=O) groups excluding carboxylic acids is 1. The minimum absolute atomic E-state index is 0. The highest BCUT2D eigenvalue weighted by molar-refractivity contribution is 9.10. The number of halogens is 3. The molecular formula is C15H24BrCl2N3O2. The Morgan fingerprint density at radius 3 is 2.43 bits per heavy atom. The first kappa shape index (κ1) is 22.5. The number of nitrogens with two attached hydrogens (primary N) is 1. The average Bonchev–Trinajstić information content (AvgIpc) is 2.51. The zero-order valence-electron chi connectivity index (χ0n) is 12.9. The van der Waals surface area contributed by atoms with Gasteiger partial charge in [0.25, 0.3) is 0 Å². The summed E-state index contributed by atoms with van der Waals surface area (Å²) < 4.78 is 6.78. The number of ether oxygens (including phenoxy) is 1. The number of amides is 1. The molecule has 0 aromatic heterocycles. The maximum Gasteiger partial charge on any atom is 0.233 e. The zero-order valence-corrected chi connectivity index (χ0v) is 16.1. The quantitative estimate of drug-likeness (QED) is 0.728. The Labute approximate surface area is 158 Å². The van der Waals surface area contributed by atoms with Crippen LogP contribution in [-0.2, 0) is 4.79 Å². The lowest BCUT2D eigenvalue weighted by atomic mass is 10.1. The van der Waals surface area contributed by atoms with Crippen molar-refractivity contribution in [2.24, 2.45) is 5.73 Å². The van der Waals surface area contributed by atoms with Gasteiger partial charge in [0.2, 0.25) is 5.91 Å². The monoisotopic (exact) mass is 427 g/mol. The molecule has 8 heteroatoms. The summed E-state index contributed by atoms with van der Waals surface area (Å²) in [4.78, 5) is 13.6. The fraction of sp³-hybridized carbons (Fsp3) is 0.533. The molecule has 0 spiro atoms. The molecule has 1 aromatic rings. The second kappa shape index (κ2) is 11.9. The molecule has 0 aliphatic carbocycles. The lowest BCUT2D eigenvalue weighted by Crippen LogP contribution is -2.46. The normalized spacial score (nSPS) is 15.2. The third-order valence-electron chi connectivity index (χ3n) is 3.63. The molecule has 23 heavy (non-hydrogen) atoms. The third kappa shape index (κ3) is 8.22. The standard InChI is InChI=1S/C15H22BrN3O2.2ClH/c16-12-1-3-14(4-2-12)21-10-9-19-7-5-13(6-8-19)18-15(20)11-17;;/h1-4,13H,5-11,17H2,(H,18,20);2*1H. The number of hydrogen-bond acceptors (Lipinski definition) is 4. The Morgan fingerprint density at radius 1 is 1.26 bits per heavy atom. The Kier molecular flexibility index (Phi) is 11.6. The molecule has 1 aromatic carbocycles. The predicted molar refractivity (Wildman–Crippen MR) is 101 cm³/mol. The molecule has 0 unspecified atom stereocenters. The molecule has 2 rings (SSSR count). The fourth-order valence-electron chi connectivity index (χ4n) is 2.41. The SMILES string of the molecule is Cl.Cl.NCC(=O)NC1CCN(CCOc2ccc(Br)cc2)CC1. The van der Waals surface area contributed by atoms with Crippen molar-refractivity contribution < 1.29 is 9.53 Å². The van der Waals surface area contributed by atoms with Crippen molar-refractivity contribution in [3.05, 3.63) is 28.7 Å². The maximum absolute atomic E-state index is 11.2. The summed E-state index contributed by atoms with van der Waals surface area (Å²) in [5, 5.41) is 2.95. The van der Waals surface area contributed by atoms with Crippen LogP contribution in [0, 0.1) is 0 Å². The van der Waals surface area contributed by atoms with Gasteiger partial charge in [-0.05, 0) is 37.1 Å². The van der Waals surface area contributed by atoms with E-state index in [9.17, 15) is 4.79 Å². The molecule has 5 nitrogen and oxygen atoms in total. The maximum atomic E-state index is 11.2. The van der Waals surface area contributed by atoms with E-state index in [1.807, 2.05) is 24.3 Å². The second-order valence-corrected chi connectivity index (χ2v) is 6.11. The van der Waals surface area contributed by atoms with E-state index in [1.54, 1.807) is 0 Å². The van der Waals surface area contributed by atoms with Crippen molar-refractivity contribution in [1.29, 1.82) is 0 Å². The Balaban J connectivity index is 0.00000242. The van der Waals surface area contributed by atoms with E-state index < -0.39 is 0 Å². The summed E-state index contributed by atoms with van der Waals surface area (Å²) in [6.07, 6.45) is 1.95. The van der Waals surface area contributed by atoms with Crippen molar-refractivity contribution in [2.45, 2.75) is 18.9 Å². The van der Waals surface area contributed by atoms with E-state index in [-0.39, 0.29) is 43.3 Å². The smallest absolute Gasteiger partial charge is 0.233 e. The molecule has 1 amide bonds. The summed E-state index contributed by atoms with van der Waals surface area (Å²) in [6.45, 7) is 3.63. The predicted octanol–water partition coefficient (Wildman–Crippen LogP) is 2.21. The van der Waals surface area contributed by atoms with Crippen molar-refractivity contribution in [1.82, 2.24) is 10.2 Å². The molecule has 1 fully saturated rings. The van der Waals surface area contributed by atoms with Crippen LogP contribution in [0.5, 0.6) is 5.75 Å². The average molecular weight is 429 g/mol. The van der Waals surface area contributed by atoms with Crippen LogP contribution in [0.4, 0.5) is 0 Å². The highest BCUT2D eigenvalue weighted by atomic mass is 79.9. The Hall–Kier alpha value is -0.530. The summed E-state index contributed by atoms with van der Waals surface area (Å²) >= 11 is 3.40. The van der Waals surface area contributed by atoms with Crippen LogP contribution < -0.4 is 15.8 Å². The number of nitrogens with one attached hydrogen (secondary N) is 1. The molecule has 132 valence electrons. The summed E-state index contributed by atoms with van der Waals surface area (Å²) in [7, 11) is 0. The molecule has 1 saturated heterocycles. The van der Waals surface area contributed by atoms with Gasteiger partial charge in [-0.1, -0.05) is 15.9 Å². The minimum atomic E-state index is -0.0629. The van der Waals surface area contributed by atoms with Gasteiger partial charge in [0, 0.05) is 30.1 Å². The molecule has 1 heterocycles. The fourth-order valence-corrected chi connectivity index (χ4v) is 2.68. The summed E-state index contributed by atoms with van der Waals surface area (Å²) in [5.74, 6) is 0.829. The number of rotatable bonds is 6. The lowest BCUT2D eigenvalue weighted by molar-refractivity contribution is -0.120. The summed E-state index contributed by atoms with van der Waals surface area (Å²) in [6, 6.07) is 8.13. The van der Waals surface area contributed by atoms with Crippen LogP contribution in [0.3, 0.4) is 0 Å². The first-order valence-corrected chi connectivity index (χ1v) is 8.07. The largest absolute Gasteiger partial charge is 0.492 e. The van der Waals surface area contributed by atoms with Crippen LogP contribution in [0.2, 0.25) is 0 Å². The first-order valence-electron chi connectivity index (χ1n) is 7.27. The van der Waals surface area contributed by atoms with Gasteiger partial charge < -0.3 is 15.8 Å². The van der Waals surface area contributed by atoms with Gasteiger partial charge in [0.1, 0.15) is 12.4 Å². The van der Waals surface area contributed by atoms with Gasteiger partial charge >= 0.3 is 0 Å². The zero-order chi connectivity index (χ0) is 15.1.